The van der Waals surface area contributed by atoms with E-state index < -0.39 is 0 Å². The van der Waals surface area contributed by atoms with Gasteiger partial charge in [-0.2, -0.15) is 4.91 Å². The van der Waals surface area contributed by atoms with Crippen molar-refractivity contribution in [1.29, 1.82) is 0 Å². The Hall–Kier alpha value is -0.660. The Labute approximate surface area is 81.4 Å². The first-order valence-electron chi connectivity index (χ1n) is 4.91. The first-order valence-corrected chi connectivity index (χ1v) is 4.91. The molecule has 0 aromatic heterocycles. The van der Waals surface area contributed by atoms with Crippen LogP contribution in [0.4, 0.5) is 0 Å². The maximum Gasteiger partial charge on any atom is 0.0814 e. The van der Waals surface area contributed by atoms with Crippen molar-refractivity contribution in [1.82, 2.24) is 0 Å². The predicted octanol–water partition coefficient (Wildman–Crippen LogP) is 3.92. The Kier molecular flexibility index (Phi) is 5.60. The molecule has 2 heteroatoms. The van der Waals surface area contributed by atoms with Crippen molar-refractivity contribution in [2.45, 2.75) is 46.5 Å². The fourth-order valence-electron chi connectivity index (χ4n) is 1.07. The van der Waals surface area contributed by atoms with Crippen molar-refractivity contribution < 1.29 is 0 Å². The number of nitroso groups, excluding NO2 is 1. The minimum atomic E-state index is 0.381. The van der Waals surface area contributed by atoms with Crippen molar-refractivity contribution in [3.63, 3.8) is 0 Å². The summed E-state index contributed by atoms with van der Waals surface area (Å²) in [6, 6.07) is 0. The lowest BCUT2D eigenvalue weighted by Gasteiger charge is -2.18. The molecule has 0 heterocycles. The molecular weight excluding hydrogens is 162 g/mol. The largest absolute Gasteiger partial charge is 0.151 e. The van der Waals surface area contributed by atoms with E-state index in [4.69, 9.17) is 0 Å². The summed E-state index contributed by atoms with van der Waals surface area (Å²) in [5, 5.41) is 2.83. The lowest BCUT2D eigenvalue weighted by Crippen LogP contribution is -2.04. The molecule has 0 aromatic carbocycles. The van der Waals surface area contributed by atoms with Crippen molar-refractivity contribution in [2.24, 2.45) is 10.6 Å². The van der Waals surface area contributed by atoms with Gasteiger partial charge in [-0.05, 0) is 31.1 Å². The fraction of sp³-hybridized carbons (Fsp3) is 0.818. The van der Waals surface area contributed by atoms with Crippen LogP contribution in [0.5, 0.6) is 0 Å². The molecular formula is C11H21NO. The highest BCUT2D eigenvalue weighted by Crippen LogP contribution is 2.24. The summed E-state index contributed by atoms with van der Waals surface area (Å²) in [6.07, 6.45) is 4.04. The molecule has 0 bridgehead atoms. The zero-order chi connectivity index (χ0) is 10.3. The van der Waals surface area contributed by atoms with Crippen LogP contribution in [-0.2, 0) is 0 Å². The van der Waals surface area contributed by atoms with Crippen LogP contribution in [0, 0.1) is 10.3 Å². The van der Waals surface area contributed by atoms with E-state index in [1.54, 1.807) is 0 Å². The van der Waals surface area contributed by atoms with Gasteiger partial charge in [-0.25, -0.2) is 0 Å². The summed E-state index contributed by atoms with van der Waals surface area (Å²) in [5.41, 5.74) is 1.63. The van der Waals surface area contributed by atoms with Gasteiger partial charge in [0.1, 0.15) is 0 Å². The Balaban J connectivity index is 3.46. The van der Waals surface area contributed by atoms with Crippen LogP contribution >= 0.6 is 0 Å². The zero-order valence-electron chi connectivity index (χ0n) is 9.10. The molecule has 0 saturated heterocycles. The molecule has 2 nitrogen and oxygen atoms in total. The summed E-state index contributed by atoms with van der Waals surface area (Å²) in [6.45, 7) is 11.1. The third-order valence-corrected chi connectivity index (χ3v) is 2.01. The van der Waals surface area contributed by atoms with Gasteiger partial charge in [0.05, 0.1) is 6.54 Å². The Morgan fingerprint density at radius 3 is 2.38 bits per heavy atom. The van der Waals surface area contributed by atoms with E-state index in [-0.39, 0.29) is 0 Å². The highest BCUT2D eigenvalue weighted by atomic mass is 16.3. The monoisotopic (exact) mass is 183 g/mol. The highest BCUT2D eigenvalue weighted by Gasteiger charge is 2.09. The molecule has 0 atom stereocenters. The molecule has 0 N–H and O–H groups in total. The second-order valence-electron chi connectivity index (χ2n) is 4.77. The molecule has 0 saturated carbocycles. The van der Waals surface area contributed by atoms with Gasteiger partial charge in [0.2, 0.25) is 0 Å². The topological polar surface area (TPSA) is 29.4 Å². The summed E-state index contributed by atoms with van der Waals surface area (Å²) >= 11 is 0. The molecule has 0 rings (SSSR count). The van der Waals surface area contributed by atoms with E-state index in [0.29, 0.717) is 12.0 Å². The molecule has 0 aliphatic rings. The molecule has 0 aliphatic heterocycles. The van der Waals surface area contributed by atoms with Gasteiger partial charge in [0.25, 0.3) is 0 Å². The zero-order valence-corrected chi connectivity index (χ0v) is 9.10. The Bertz CT molecular complexity index is 167. The molecule has 0 spiro atoms. The molecule has 0 aliphatic carbocycles. The minimum absolute atomic E-state index is 0.381. The quantitative estimate of drug-likeness (QED) is 0.348. The van der Waals surface area contributed by atoms with Crippen molar-refractivity contribution in [2.75, 3.05) is 6.54 Å². The van der Waals surface area contributed by atoms with Crippen LogP contribution < -0.4 is 0 Å². The van der Waals surface area contributed by atoms with Crippen LogP contribution in [0.3, 0.4) is 0 Å². The Morgan fingerprint density at radius 2 is 1.92 bits per heavy atom. The SMILES string of the molecule is C=C(CCCN=O)CCC(C)(C)C. The van der Waals surface area contributed by atoms with Gasteiger partial charge in [-0.1, -0.05) is 38.1 Å². The number of nitrogens with zero attached hydrogens (tertiary/aromatic N) is 1. The summed E-state index contributed by atoms with van der Waals surface area (Å²) in [4.78, 5) is 9.82. The van der Waals surface area contributed by atoms with Gasteiger partial charge < -0.3 is 0 Å². The molecule has 76 valence electrons. The Morgan fingerprint density at radius 1 is 1.31 bits per heavy atom. The molecule has 13 heavy (non-hydrogen) atoms. The van der Waals surface area contributed by atoms with E-state index in [2.05, 4.69) is 32.5 Å². The average molecular weight is 183 g/mol. The van der Waals surface area contributed by atoms with Gasteiger partial charge in [0, 0.05) is 0 Å². The molecule has 0 amide bonds. The van der Waals surface area contributed by atoms with Crippen LogP contribution in [-0.4, -0.2) is 6.54 Å². The standard InChI is InChI=1S/C11H21NO/c1-10(6-5-9-12-13)7-8-11(2,3)4/h1,5-9H2,2-4H3. The first kappa shape index (κ1) is 12.3. The van der Waals surface area contributed by atoms with E-state index in [9.17, 15) is 4.91 Å². The highest BCUT2D eigenvalue weighted by molar-refractivity contribution is 4.94. The minimum Gasteiger partial charge on any atom is -0.151 e. The third-order valence-electron chi connectivity index (χ3n) is 2.01. The maximum absolute atomic E-state index is 9.82. The third kappa shape index (κ3) is 9.25. The van der Waals surface area contributed by atoms with Crippen molar-refractivity contribution >= 4 is 0 Å². The fourth-order valence-corrected chi connectivity index (χ4v) is 1.07. The number of rotatable bonds is 6. The van der Waals surface area contributed by atoms with E-state index in [1.165, 1.54) is 12.0 Å². The molecule has 0 aromatic rings. The lowest BCUT2D eigenvalue weighted by molar-refractivity contribution is 0.376. The summed E-state index contributed by atoms with van der Waals surface area (Å²) in [5.74, 6) is 0. The molecule has 0 unspecified atom stereocenters. The number of hydrogen-bond acceptors (Lipinski definition) is 2. The normalized spacial score (nSPS) is 11.3. The summed E-state index contributed by atoms with van der Waals surface area (Å²) in [7, 11) is 0. The van der Waals surface area contributed by atoms with Gasteiger partial charge in [-0.15, -0.1) is 0 Å². The van der Waals surface area contributed by atoms with Crippen LogP contribution in [0.1, 0.15) is 46.5 Å². The van der Waals surface area contributed by atoms with Crippen LogP contribution in [0.2, 0.25) is 0 Å². The predicted molar refractivity (Wildman–Crippen MR) is 57.7 cm³/mol. The first-order chi connectivity index (χ1) is 5.95. The van der Waals surface area contributed by atoms with Crippen LogP contribution in [0.25, 0.3) is 0 Å². The second-order valence-corrected chi connectivity index (χ2v) is 4.77. The van der Waals surface area contributed by atoms with Gasteiger partial charge in [-0.3, -0.25) is 0 Å². The van der Waals surface area contributed by atoms with Gasteiger partial charge >= 0.3 is 0 Å². The maximum atomic E-state index is 9.82. The molecule has 0 radical (unpaired) electrons. The van der Waals surface area contributed by atoms with E-state index in [1.807, 2.05) is 0 Å². The number of hydrogen-bond donors (Lipinski definition) is 0. The van der Waals surface area contributed by atoms with E-state index in [0.717, 1.165) is 19.3 Å². The van der Waals surface area contributed by atoms with Crippen LogP contribution in [0.15, 0.2) is 17.3 Å². The summed E-state index contributed by atoms with van der Waals surface area (Å²) < 4.78 is 0. The smallest absolute Gasteiger partial charge is 0.0814 e. The second kappa shape index (κ2) is 5.90. The average Bonchev–Trinajstić information content (AvgIpc) is 2.00. The van der Waals surface area contributed by atoms with Gasteiger partial charge in [0.15, 0.2) is 0 Å². The van der Waals surface area contributed by atoms with Crippen molar-refractivity contribution in [3.05, 3.63) is 17.1 Å². The van der Waals surface area contributed by atoms with E-state index >= 15 is 0 Å². The number of allylic oxidation sites excluding steroid dienone is 1. The lowest BCUT2D eigenvalue weighted by atomic mass is 9.88. The molecule has 0 fully saturated rings. The van der Waals surface area contributed by atoms with Crippen molar-refractivity contribution in [3.8, 4) is 0 Å².